The molecule has 1 aliphatic rings. The Kier molecular flexibility index (Phi) is 1.01. The fourth-order valence-corrected chi connectivity index (χ4v) is 1.05. The molecule has 0 saturated heterocycles. The second-order valence-electron chi connectivity index (χ2n) is 2.19. The maximum Gasteiger partial charge on any atom is 0.112 e. The molecule has 0 amide bonds. The lowest BCUT2D eigenvalue weighted by molar-refractivity contribution is 0.302. The average Bonchev–Trinajstić information content (AvgIpc) is 2.33. The molecule has 0 spiro atoms. The van der Waals surface area contributed by atoms with Gasteiger partial charge in [-0.05, 0) is 19.3 Å². The summed E-state index contributed by atoms with van der Waals surface area (Å²) >= 11 is 0. The zero-order valence-electron chi connectivity index (χ0n) is 5.00. The maximum atomic E-state index is 4.54. The zero-order chi connectivity index (χ0) is 6.10. The largest absolute Gasteiger partial charge is 0.244 e. The molecule has 1 aromatic heterocycles. The van der Waals surface area contributed by atoms with E-state index in [9.17, 15) is 0 Å². The van der Waals surface area contributed by atoms with Crippen molar-refractivity contribution in [3.05, 3.63) is 17.8 Å². The van der Waals surface area contributed by atoms with Gasteiger partial charge in [0.05, 0.1) is 0 Å². The molecule has 1 aliphatic carbocycles. The van der Waals surface area contributed by atoms with Gasteiger partial charge >= 0.3 is 0 Å². The predicted molar refractivity (Wildman–Crippen MR) is 30.6 cm³/mol. The molecule has 2 rings (SSSR count). The Bertz CT molecular complexity index is 186. The summed E-state index contributed by atoms with van der Waals surface area (Å²) in [4.78, 5) is 0. The molecule has 0 aliphatic heterocycles. The summed E-state index contributed by atoms with van der Waals surface area (Å²) in [6.45, 7) is 0. The molecule has 1 heterocycles. The smallest absolute Gasteiger partial charge is 0.112 e. The number of nitrogens with zero attached hydrogens (tertiary/aromatic N) is 2. The van der Waals surface area contributed by atoms with Crippen LogP contribution in [0.4, 0.5) is 0 Å². The lowest BCUT2D eigenvalue weighted by Gasteiger charge is -2.03. The molecule has 0 fully saturated rings. The first-order chi connectivity index (χ1) is 4.47. The van der Waals surface area contributed by atoms with E-state index in [1.165, 1.54) is 6.42 Å². The highest BCUT2D eigenvalue weighted by molar-refractivity contribution is 5.19. The van der Waals surface area contributed by atoms with Crippen LogP contribution in [0, 0.1) is 6.42 Å². The van der Waals surface area contributed by atoms with Crippen molar-refractivity contribution in [1.29, 1.82) is 0 Å². The number of aryl methyl sites for hydroxylation is 1. The van der Waals surface area contributed by atoms with E-state index >= 15 is 0 Å². The molecular weight excluding hydrogens is 116 g/mol. The van der Waals surface area contributed by atoms with Gasteiger partial charge in [-0.1, -0.05) is 10.3 Å². The Hall–Kier alpha value is -0.860. The van der Waals surface area contributed by atoms with Crippen LogP contribution in [0.1, 0.15) is 24.2 Å². The maximum absolute atomic E-state index is 4.54. The predicted octanol–water partition coefficient (Wildman–Crippen LogP) is 0.958. The van der Waals surface area contributed by atoms with Crippen LogP contribution in [0.5, 0.6) is 0 Å². The summed E-state index contributed by atoms with van der Waals surface area (Å²) < 4.78 is 4.54. The van der Waals surface area contributed by atoms with Crippen LogP contribution < -0.4 is 0 Å². The summed E-state index contributed by atoms with van der Waals surface area (Å²) in [7, 11) is 0. The van der Waals surface area contributed by atoms with Crippen molar-refractivity contribution in [2.45, 2.75) is 19.3 Å². The fourth-order valence-electron chi connectivity index (χ4n) is 1.05. The number of hydrogen-bond acceptors (Lipinski definition) is 3. The van der Waals surface area contributed by atoms with Crippen LogP contribution in [0.15, 0.2) is 4.63 Å². The monoisotopic (exact) mass is 123 g/mol. The van der Waals surface area contributed by atoms with Gasteiger partial charge in [0.15, 0.2) is 0 Å². The van der Waals surface area contributed by atoms with Gasteiger partial charge in [-0.2, -0.15) is 0 Å². The third kappa shape index (κ3) is 0.724. The van der Waals surface area contributed by atoms with Crippen molar-refractivity contribution in [1.82, 2.24) is 10.3 Å². The molecule has 47 valence electrons. The minimum Gasteiger partial charge on any atom is -0.244 e. The van der Waals surface area contributed by atoms with Crippen molar-refractivity contribution in [2.75, 3.05) is 0 Å². The fraction of sp³-hybridized carbons (Fsp3) is 0.500. The molecule has 0 aromatic carbocycles. The molecular formula is C6H7N2O. The van der Waals surface area contributed by atoms with Crippen LogP contribution in [-0.4, -0.2) is 10.3 Å². The van der Waals surface area contributed by atoms with Crippen molar-refractivity contribution in [3.63, 3.8) is 0 Å². The Balaban J connectivity index is 2.39. The SMILES string of the molecule is [CH]1CCCc2nonc21. The molecule has 3 nitrogen and oxygen atoms in total. The van der Waals surface area contributed by atoms with Crippen LogP contribution >= 0.6 is 0 Å². The zero-order valence-corrected chi connectivity index (χ0v) is 5.00. The van der Waals surface area contributed by atoms with Gasteiger partial charge in [0, 0.05) is 6.42 Å². The molecule has 0 N–H and O–H groups in total. The van der Waals surface area contributed by atoms with Gasteiger partial charge in [0.1, 0.15) is 11.4 Å². The van der Waals surface area contributed by atoms with Gasteiger partial charge in [-0.15, -0.1) is 0 Å². The third-order valence-electron chi connectivity index (χ3n) is 1.54. The number of fused-ring (bicyclic) bond motifs is 1. The quantitative estimate of drug-likeness (QED) is 0.515. The highest BCUT2D eigenvalue weighted by Gasteiger charge is 2.13. The molecule has 1 radical (unpaired) electrons. The van der Waals surface area contributed by atoms with E-state index in [2.05, 4.69) is 21.4 Å². The second-order valence-corrected chi connectivity index (χ2v) is 2.19. The third-order valence-corrected chi connectivity index (χ3v) is 1.54. The Morgan fingerprint density at radius 3 is 3.33 bits per heavy atom. The number of aromatic nitrogens is 2. The van der Waals surface area contributed by atoms with E-state index in [4.69, 9.17) is 0 Å². The highest BCUT2D eigenvalue weighted by Crippen LogP contribution is 2.17. The number of rotatable bonds is 0. The van der Waals surface area contributed by atoms with Crippen molar-refractivity contribution in [2.24, 2.45) is 0 Å². The topological polar surface area (TPSA) is 38.9 Å². The van der Waals surface area contributed by atoms with Crippen LogP contribution in [0.2, 0.25) is 0 Å². The van der Waals surface area contributed by atoms with Crippen molar-refractivity contribution in [3.8, 4) is 0 Å². The first-order valence-corrected chi connectivity index (χ1v) is 3.11. The van der Waals surface area contributed by atoms with Crippen LogP contribution in [0.3, 0.4) is 0 Å². The van der Waals surface area contributed by atoms with Gasteiger partial charge in [0.2, 0.25) is 0 Å². The molecule has 0 atom stereocenters. The molecule has 3 heteroatoms. The molecule has 9 heavy (non-hydrogen) atoms. The first kappa shape index (κ1) is 4.97. The van der Waals surface area contributed by atoms with Gasteiger partial charge in [-0.25, -0.2) is 4.63 Å². The van der Waals surface area contributed by atoms with Gasteiger partial charge in [0.25, 0.3) is 0 Å². The summed E-state index contributed by atoms with van der Waals surface area (Å²) in [5.74, 6) is 0. The van der Waals surface area contributed by atoms with Crippen LogP contribution in [0.25, 0.3) is 0 Å². The van der Waals surface area contributed by atoms with E-state index in [0.29, 0.717) is 0 Å². The molecule has 0 unspecified atom stereocenters. The molecule has 0 saturated carbocycles. The summed E-state index contributed by atoms with van der Waals surface area (Å²) in [6, 6.07) is 0. The minimum atomic E-state index is 0.946. The van der Waals surface area contributed by atoms with Gasteiger partial charge < -0.3 is 0 Å². The van der Waals surface area contributed by atoms with Crippen molar-refractivity contribution >= 4 is 0 Å². The number of hydrogen-bond donors (Lipinski definition) is 0. The lowest BCUT2D eigenvalue weighted by atomic mass is 10.0. The Morgan fingerprint density at radius 1 is 1.44 bits per heavy atom. The van der Waals surface area contributed by atoms with Crippen LogP contribution in [-0.2, 0) is 6.42 Å². The lowest BCUT2D eigenvalue weighted by Crippen LogP contribution is -1.98. The Labute approximate surface area is 53.0 Å². The average molecular weight is 123 g/mol. The normalized spacial score (nSPS) is 17.3. The van der Waals surface area contributed by atoms with E-state index in [1.54, 1.807) is 0 Å². The second kappa shape index (κ2) is 1.83. The van der Waals surface area contributed by atoms with Crippen molar-refractivity contribution < 1.29 is 4.63 Å². The van der Waals surface area contributed by atoms with E-state index < -0.39 is 0 Å². The Morgan fingerprint density at radius 2 is 2.44 bits per heavy atom. The first-order valence-electron chi connectivity index (χ1n) is 3.11. The minimum absolute atomic E-state index is 0.946. The summed E-state index contributed by atoms with van der Waals surface area (Å²) in [5.41, 5.74) is 1.96. The van der Waals surface area contributed by atoms with Gasteiger partial charge in [-0.3, -0.25) is 0 Å². The van der Waals surface area contributed by atoms with E-state index in [0.717, 1.165) is 24.2 Å². The molecule has 0 bridgehead atoms. The van der Waals surface area contributed by atoms with E-state index in [1.807, 2.05) is 0 Å². The standard InChI is InChI=1S/C6H7N2O/c1-2-4-6-5(3-1)7-9-8-6/h3H,1-2,4H2. The molecule has 1 aromatic rings. The summed E-state index contributed by atoms with van der Waals surface area (Å²) in [5, 5.41) is 7.45. The highest BCUT2D eigenvalue weighted by atomic mass is 16.6. The van der Waals surface area contributed by atoms with E-state index in [-0.39, 0.29) is 0 Å². The summed E-state index contributed by atoms with van der Waals surface area (Å²) in [6.07, 6.45) is 5.38.